The maximum absolute atomic E-state index is 12.4. The van der Waals surface area contributed by atoms with Gasteiger partial charge in [0.15, 0.2) is 11.9 Å². The second-order valence-corrected chi connectivity index (χ2v) is 7.99. The molecule has 1 unspecified atom stereocenters. The summed E-state index contributed by atoms with van der Waals surface area (Å²) >= 11 is 5.89. The van der Waals surface area contributed by atoms with Crippen molar-refractivity contribution in [3.63, 3.8) is 0 Å². The highest BCUT2D eigenvalue weighted by molar-refractivity contribution is 6.30. The fraction of sp³-hybridized carbons (Fsp3) is 0.348. The van der Waals surface area contributed by atoms with Crippen molar-refractivity contribution in [1.29, 1.82) is 0 Å². The van der Waals surface area contributed by atoms with Gasteiger partial charge in [-0.15, -0.1) is 0 Å². The third kappa shape index (κ3) is 5.07. The van der Waals surface area contributed by atoms with Gasteiger partial charge in [-0.2, -0.15) is 0 Å². The topological polar surface area (TPSA) is 71.0 Å². The summed E-state index contributed by atoms with van der Waals surface area (Å²) in [6.45, 7) is 3.95. The summed E-state index contributed by atoms with van der Waals surface area (Å²) in [5, 5.41) is 3.56. The summed E-state index contributed by atoms with van der Waals surface area (Å²) < 4.78 is 5.80. The Kier molecular flexibility index (Phi) is 6.45. The van der Waals surface area contributed by atoms with E-state index in [9.17, 15) is 9.59 Å². The third-order valence-electron chi connectivity index (χ3n) is 5.31. The van der Waals surface area contributed by atoms with Gasteiger partial charge < -0.3 is 15.0 Å². The molecule has 30 heavy (non-hydrogen) atoms. The van der Waals surface area contributed by atoms with Crippen molar-refractivity contribution in [3.8, 4) is 0 Å². The number of benzene rings is 1. The first-order valence-corrected chi connectivity index (χ1v) is 10.6. The van der Waals surface area contributed by atoms with Crippen LogP contribution in [-0.4, -0.2) is 54.7 Å². The molecule has 1 fully saturated rings. The second kappa shape index (κ2) is 9.41. The summed E-state index contributed by atoms with van der Waals surface area (Å²) in [6, 6.07) is 7.09. The quantitative estimate of drug-likeness (QED) is 0.561. The normalized spacial score (nSPS) is 22.4. The molecule has 0 saturated carbocycles. The maximum Gasteiger partial charge on any atom is 0.312 e. The number of halogens is 1. The van der Waals surface area contributed by atoms with Gasteiger partial charge in [-0.1, -0.05) is 23.7 Å². The van der Waals surface area contributed by atoms with Crippen LogP contribution in [0.1, 0.15) is 24.8 Å². The number of carbonyl (C=O) groups excluding carboxylic acids is 2. The highest BCUT2D eigenvalue weighted by Crippen LogP contribution is 2.23. The van der Waals surface area contributed by atoms with Gasteiger partial charge in [-0.3, -0.25) is 9.59 Å². The Hall–Kier alpha value is -2.70. The van der Waals surface area contributed by atoms with Gasteiger partial charge in [0, 0.05) is 17.1 Å². The van der Waals surface area contributed by atoms with Crippen molar-refractivity contribution in [3.05, 3.63) is 64.4 Å². The molecule has 2 aliphatic heterocycles. The zero-order chi connectivity index (χ0) is 20.9. The van der Waals surface area contributed by atoms with Crippen LogP contribution < -0.4 is 5.32 Å². The van der Waals surface area contributed by atoms with Gasteiger partial charge in [0.25, 0.3) is 5.91 Å². The molecule has 1 saturated heterocycles. The van der Waals surface area contributed by atoms with Crippen molar-refractivity contribution in [2.24, 2.45) is 4.99 Å². The third-order valence-corrected chi connectivity index (χ3v) is 5.56. The lowest BCUT2D eigenvalue weighted by Gasteiger charge is -2.24. The van der Waals surface area contributed by atoms with Crippen LogP contribution in [0.5, 0.6) is 0 Å². The van der Waals surface area contributed by atoms with E-state index in [-0.39, 0.29) is 11.7 Å². The fourth-order valence-electron chi connectivity index (χ4n) is 3.69. The smallest absolute Gasteiger partial charge is 0.312 e. The lowest BCUT2D eigenvalue weighted by molar-refractivity contribution is -0.119. The zero-order valence-electron chi connectivity index (χ0n) is 16.6. The van der Waals surface area contributed by atoms with Gasteiger partial charge in [-0.25, -0.2) is 4.99 Å². The lowest BCUT2D eigenvalue weighted by atomic mass is 10.0. The molecule has 1 aliphatic carbocycles. The number of likely N-dealkylation sites (tertiary alicyclic amines) is 1. The molecular formula is C23H24ClN3O3. The number of carbonyl (C=O) groups is 2. The van der Waals surface area contributed by atoms with Crippen molar-refractivity contribution in [2.75, 3.05) is 26.2 Å². The Morgan fingerprint density at radius 2 is 2.03 bits per heavy atom. The van der Waals surface area contributed by atoms with Crippen LogP contribution in [0.25, 0.3) is 6.08 Å². The predicted octanol–water partition coefficient (Wildman–Crippen LogP) is 3.15. The minimum Gasteiger partial charge on any atom is -0.474 e. The Morgan fingerprint density at radius 3 is 2.80 bits per heavy atom. The van der Waals surface area contributed by atoms with E-state index in [4.69, 9.17) is 16.3 Å². The molecule has 1 atom stereocenters. The van der Waals surface area contributed by atoms with Crippen LogP contribution in [0.4, 0.5) is 0 Å². The van der Waals surface area contributed by atoms with Gasteiger partial charge in [-0.05, 0) is 80.9 Å². The summed E-state index contributed by atoms with van der Waals surface area (Å²) in [6.07, 6.45) is 9.71. The summed E-state index contributed by atoms with van der Waals surface area (Å²) in [5.41, 5.74) is 1.72. The number of amides is 2. The SMILES string of the molecule is O=C(NCCCN1CCCC1)C1=CC2=NC(=O)/C(=C\c3ccc(Cl)cc3)OC2C=C1. The minimum absolute atomic E-state index is 0.163. The number of aliphatic imine (C=N–C) groups is 1. The molecule has 6 nitrogen and oxygen atoms in total. The van der Waals surface area contributed by atoms with Crippen molar-refractivity contribution >= 4 is 35.2 Å². The number of nitrogens with zero attached hydrogens (tertiary/aromatic N) is 2. The summed E-state index contributed by atoms with van der Waals surface area (Å²) in [7, 11) is 0. The Morgan fingerprint density at radius 1 is 1.27 bits per heavy atom. The molecule has 7 heteroatoms. The molecule has 2 heterocycles. The molecule has 156 valence electrons. The minimum atomic E-state index is -0.479. The molecule has 2 amide bonds. The first-order valence-electron chi connectivity index (χ1n) is 10.3. The number of ether oxygens (including phenoxy) is 1. The van der Waals surface area contributed by atoms with Crippen LogP contribution >= 0.6 is 11.6 Å². The number of hydrogen-bond donors (Lipinski definition) is 1. The summed E-state index contributed by atoms with van der Waals surface area (Å²) in [4.78, 5) is 31.4. The van der Waals surface area contributed by atoms with Crippen LogP contribution in [0.2, 0.25) is 5.02 Å². The average molecular weight is 426 g/mol. The maximum atomic E-state index is 12.4. The molecule has 4 rings (SSSR count). The Labute approximate surface area is 180 Å². The Balaban J connectivity index is 1.36. The predicted molar refractivity (Wildman–Crippen MR) is 117 cm³/mol. The number of fused-ring (bicyclic) bond motifs is 1. The first kappa shape index (κ1) is 20.6. The molecule has 0 radical (unpaired) electrons. The largest absolute Gasteiger partial charge is 0.474 e. The van der Waals surface area contributed by atoms with Crippen LogP contribution in [0, 0.1) is 0 Å². The van der Waals surface area contributed by atoms with E-state index in [1.807, 2.05) is 0 Å². The molecule has 0 bridgehead atoms. The Bertz CT molecular complexity index is 941. The van der Waals surface area contributed by atoms with E-state index >= 15 is 0 Å². The molecule has 3 aliphatic rings. The van der Waals surface area contributed by atoms with Crippen LogP contribution in [0.15, 0.2) is 58.8 Å². The first-order chi connectivity index (χ1) is 14.6. The molecule has 0 spiro atoms. The zero-order valence-corrected chi connectivity index (χ0v) is 17.4. The van der Waals surface area contributed by atoms with Gasteiger partial charge in [0.05, 0.1) is 5.71 Å². The highest BCUT2D eigenvalue weighted by atomic mass is 35.5. The molecule has 1 aromatic carbocycles. The molecule has 1 N–H and O–H groups in total. The van der Waals surface area contributed by atoms with Gasteiger partial charge >= 0.3 is 5.91 Å². The number of hydrogen-bond acceptors (Lipinski definition) is 4. The average Bonchev–Trinajstić information content (AvgIpc) is 3.26. The second-order valence-electron chi connectivity index (χ2n) is 7.56. The monoisotopic (exact) mass is 425 g/mol. The van der Waals surface area contributed by atoms with Crippen molar-refractivity contribution in [2.45, 2.75) is 25.4 Å². The fourth-order valence-corrected chi connectivity index (χ4v) is 3.82. The highest BCUT2D eigenvalue weighted by Gasteiger charge is 2.28. The van der Waals surface area contributed by atoms with Gasteiger partial charge in [0.2, 0.25) is 0 Å². The molecular weight excluding hydrogens is 402 g/mol. The lowest BCUT2D eigenvalue weighted by Crippen LogP contribution is -2.34. The number of nitrogens with one attached hydrogen (secondary N) is 1. The van der Waals surface area contributed by atoms with E-state index in [0.29, 0.717) is 22.9 Å². The van der Waals surface area contributed by atoms with Crippen LogP contribution in [0.3, 0.4) is 0 Å². The van der Waals surface area contributed by atoms with Crippen LogP contribution in [-0.2, 0) is 14.3 Å². The van der Waals surface area contributed by atoms with E-state index < -0.39 is 12.0 Å². The van der Waals surface area contributed by atoms with E-state index in [1.54, 1.807) is 48.6 Å². The molecule has 0 aromatic heterocycles. The standard InChI is InChI=1S/C23H24ClN3O3/c24-18-7-4-16(5-8-18)14-21-23(29)26-19-15-17(6-9-20(19)30-21)22(28)25-10-3-13-27-11-1-2-12-27/h4-9,14-15,20H,1-3,10-13H2,(H,25,28)/b21-14+. The van der Waals surface area contributed by atoms with Crippen molar-refractivity contribution in [1.82, 2.24) is 10.2 Å². The summed E-state index contributed by atoms with van der Waals surface area (Å²) in [5.74, 6) is -0.462. The molecule has 1 aromatic rings. The van der Waals surface area contributed by atoms with E-state index in [1.165, 1.54) is 12.8 Å². The van der Waals surface area contributed by atoms with E-state index in [0.717, 1.165) is 31.6 Å². The van der Waals surface area contributed by atoms with E-state index in [2.05, 4.69) is 15.2 Å². The van der Waals surface area contributed by atoms with Gasteiger partial charge in [0.1, 0.15) is 0 Å². The van der Waals surface area contributed by atoms with Crippen molar-refractivity contribution < 1.29 is 14.3 Å². The number of rotatable bonds is 6.